The zero-order valence-corrected chi connectivity index (χ0v) is 15.5. The summed E-state index contributed by atoms with van der Waals surface area (Å²) >= 11 is 0. The third-order valence-corrected chi connectivity index (χ3v) is 5.73. The monoisotopic (exact) mass is 347 g/mol. The van der Waals surface area contributed by atoms with E-state index in [1.165, 1.54) is 32.1 Å². The fourth-order valence-electron chi connectivity index (χ4n) is 4.20. The number of nitrogens with zero attached hydrogens (tertiary/aromatic N) is 4. The molecule has 4 rings (SSSR count). The molecule has 0 spiro atoms. The molecule has 2 aromatic heterocycles. The summed E-state index contributed by atoms with van der Waals surface area (Å²) in [5, 5.41) is 19.7. The van der Waals surface area contributed by atoms with Gasteiger partial charge in [-0.1, -0.05) is 19.3 Å². The van der Waals surface area contributed by atoms with Gasteiger partial charge in [-0.05, 0) is 50.8 Å². The number of hydrogen-bond donors (Lipinski definition) is 1. The number of fused-ring (bicyclic) bond motifs is 2. The van der Waals surface area contributed by atoms with E-state index in [1.54, 1.807) is 0 Å². The Balaban J connectivity index is 1.85. The molecule has 0 radical (unpaired) electrons. The molecule has 0 saturated heterocycles. The number of pyridine rings is 1. The van der Waals surface area contributed by atoms with Gasteiger partial charge in [0.2, 0.25) is 0 Å². The summed E-state index contributed by atoms with van der Waals surface area (Å²) in [4.78, 5) is 4.82. The molecule has 1 saturated carbocycles. The fourth-order valence-corrected chi connectivity index (χ4v) is 4.20. The van der Waals surface area contributed by atoms with Crippen LogP contribution in [0.1, 0.15) is 51.5 Å². The zero-order chi connectivity index (χ0) is 18.1. The molecular weight excluding hydrogens is 322 g/mol. The largest absolute Gasteiger partial charge is 0.381 e. The summed E-state index contributed by atoms with van der Waals surface area (Å²) in [5.74, 6) is 0.697. The van der Waals surface area contributed by atoms with Crippen molar-refractivity contribution < 1.29 is 0 Å². The number of rotatable bonds is 4. The number of nitrogens with one attached hydrogen (secondary N) is 1. The summed E-state index contributed by atoms with van der Waals surface area (Å²) in [6.07, 6.45) is 8.50. The molecular formula is C21H25N5. The molecule has 1 N–H and O–H groups in total. The van der Waals surface area contributed by atoms with Crippen LogP contribution < -0.4 is 5.32 Å². The molecule has 0 amide bonds. The first-order valence-electron chi connectivity index (χ1n) is 9.67. The van der Waals surface area contributed by atoms with Crippen LogP contribution in [0.2, 0.25) is 0 Å². The highest BCUT2D eigenvalue weighted by Gasteiger charge is 2.22. The molecule has 1 fully saturated rings. The molecule has 2 heterocycles. The van der Waals surface area contributed by atoms with Crippen molar-refractivity contribution in [3.63, 3.8) is 0 Å². The van der Waals surface area contributed by atoms with Crippen molar-refractivity contribution in [2.45, 2.75) is 58.5 Å². The molecule has 1 aliphatic carbocycles. The van der Waals surface area contributed by atoms with E-state index < -0.39 is 0 Å². The molecule has 1 aromatic carbocycles. The van der Waals surface area contributed by atoms with Crippen LogP contribution in [-0.2, 0) is 6.54 Å². The maximum Gasteiger partial charge on any atom is 0.160 e. The third-order valence-electron chi connectivity index (χ3n) is 5.73. The van der Waals surface area contributed by atoms with Crippen LogP contribution in [0.5, 0.6) is 0 Å². The summed E-state index contributed by atoms with van der Waals surface area (Å²) in [7, 11) is 0. The van der Waals surface area contributed by atoms with Crippen molar-refractivity contribution in [2.75, 3.05) is 5.32 Å². The molecule has 1 aliphatic rings. The Hall–Kier alpha value is -2.61. The van der Waals surface area contributed by atoms with E-state index in [0.717, 1.165) is 34.2 Å². The summed E-state index contributed by atoms with van der Waals surface area (Å²) in [5.41, 5.74) is 3.54. The first-order valence-corrected chi connectivity index (χ1v) is 9.67. The predicted octanol–water partition coefficient (Wildman–Crippen LogP) is 4.86. The maximum atomic E-state index is 9.32. The van der Waals surface area contributed by atoms with E-state index in [0.29, 0.717) is 17.5 Å². The van der Waals surface area contributed by atoms with Crippen LogP contribution >= 0.6 is 0 Å². The molecule has 134 valence electrons. The molecule has 0 aliphatic heterocycles. The van der Waals surface area contributed by atoms with Gasteiger partial charge in [0.25, 0.3) is 0 Å². The number of aromatic nitrogens is 3. The highest BCUT2D eigenvalue weighted by Crippen LogP contribution is 2.34. The van der Waals surface area contributed by atoms with Crippen LogP contribution in [0.3, 0.4) is 0 Å². The van der Waals surface area contributed by atoms with Crippen molar-refractivity contribution in [3.8, 4) is 6.07 Å². The second-order valence-electron chi connectivity index (χ2n) is 7.36. The van der Waals surface area contributed by atoms with Gasteiger partial charge in [0.15, 0.2) is 5.65 Å². The first kappa shape index (κ1) is 16.8. The summed E-state index contributed by atoms with van der Waals surface area (Å²) in [6, 6.07) is 8.36. The van der Waals surface area contributed by atoms with Gasteiger partial charge in [-0.15, -0.1) is 0 Å². The molecule has 5 heteroatoms. The maximum absolute atomic E-state index is 9.32. The predicted molar refractivity (Wildman–Crippen MR) is 105 cm³/mol. The van der Waals surface area contributed by atoms with Gasteiger partial charge < -0.3 is 5.32 Å². The number of anilines is 1. The molecule has 3 aromatic rings. The smallest absolute Gasteiger partial charge is 0.160 e. The molecule has 0 bridgehead atoms. The van der Waals surface area contributed by atoms with Crippen molar-refractivity contribution in [1.82, 2.24) is 14.8 Å². The zero-order valence-electron chi connectivity index (χ0n) is 15.5. The van der Waals surface area contributed by atoms with Crippen LogP contribution in [0.25, 0.3) is 21.9 Å². The normalized spacial score (nSPS) is 16.7. The van der Waals surface area contributed by atoms with Crippen LogP contribution in [0, 0.1) is 17.2 Å². The molecule has 1 atom stereocenters. The minimum Gasteiger partial charge on any atom is -0.381 e. The Morgan fingerprint density at radius 2 is 2.08 bits per heavy atom. The lowest BCUT2D eigenvalue weighted by Crippen LogP contribution is -2.27. The van der Waals surface area contributed by atoms with Gasteiger partial charge in [0, 0.05) is 18.0 Å². The van der Waals surface area contributed by atoms with Crippen LogP contribution in [0.4, 0.5) is 5.69 Å². The van der Waals surface area contributed by atoms with Gasteiger partial charge in [0.1, 0.15) is 0 Å². The molecule has 1 unspecified atom stereocenters. The van der Waals surface area contributed by atoms with Gasteiger partial charge in [-0.3, -0.25) is 0 Å². The first-order chi connectivity index (χ1) is 12.7. The molecule has 5 nitrogen and oxygen atoms in total. The SMILES string of the molecule is CCn1ncc2c(NC(C)C3CCCCC3)c3cc(C#N)ccc3nc21. The minimum absolute atomic E-state index is 0.389. The molecule has 26 heavy (non-hydrogen) atoms. The van der Waals surface area contributed by atoms with Gasteiger partial charge in [-0.25, -0.2) is 9.67 Å². The number of aryl methyl sites for hydroxylation is 1. The van der Waals surface area contributed by atoms with E-state index in [2.05, 4.69) is 30.3 Å². The average molecular weight is 347 g/mol. The second kappa shape index (κ2) is 6.95. The van der Waals surface area contributed by atoms with Gasteiger partial charge in [-0.2, -0.15) is 10.4 Å². The minimum atomic E-state index is 0.389. The highest BCUT2D eigenvalue weighted by molar-refractivity contribution is 6.06. The van der Waals surface area contributed by atoms with E-state index in [9.17, 15) is 5.26 Å². The Bertz CT molecular complexity index is 975. The van der Waals surface area contributed by atoms with E-state index in [1.807, 2.05) is 29.1 Å². The van der Waals surface area contributed by atoms with E-state index in [-0.39, 0.29) is 0 Å². The lowest BCUT2D eigenvalue weighted by Gasteiger charge is -2.29. The Morgan fingerprint density at radius 3 is 2.81 bits per heavy atom. The second-order valence-corrected chi connectivity index (χ2v) is 7.36. The number of hydrogen-bond acceptors (Lipinski definition) is 4. The van der Waals surface area contributed by atoms with Crippen molar-refractivity contribution in [2.24, 2.45) is 5.92 Å². The number of benzene rings is 1. The quantitative estimate of drug-likeness (QED) is 0.732. The van der Waals surface area contributed by atoms with Gasteiger partial charge in [0.05, 0.1) is 34.4 Å². The number of nitriles is 1. The Morgan fingerprint density at radius 1 is 1.27 bits per heavy atom. The average Bonchev–Trinajstić information content (AvgIpc) is 3.10. The van der Waals surface area contributed by atoms with Gasteiger partial charge >= 0.3 is 0 Å². The fraction of sp³-hybridized carbons (Fsp3) is 0.476. The van der Waals surface area contributed by atoms with Crippen LogP contribution in [0.15, 0.2) is 24.4 Å². The third kappa shape index (κ3) is 2.90. The van der Waals surface area contributed by atoms with Crippen LogP contribution in [-0.4, -0.2) is 20.8 Å². The van der Waals surface area contributed by atoms with Crippen molar-refractivity contribution >= 4 is 27.6 Å². The van der Waals surface area contributed by atoms with Crippen molar-refractivity contribution in [1.29, 1.82) is 5.26 Å². The van der Waals surface area contributed by atoms with Crippen molar-refractivity contribution in [3.05, 3.63) is 30.0 Å². The lowest BCUT2D eigenvalue weighted by atomic mass is 9.84. The lowest BCUT2D eigenvalue weighted by molar-refractivity contribution is 0.328. The topological polar surface area (TPSA) is 66.5 Å². The van der Waals surface area contributed by atoms with E-state index in [4.69, 9.17) is 4.98 Å². The summed E-state index contributed by atoms with van der Waals surface area (Å²) in [6.45, 7) is 5.15. The highest BCUT2D eigenvalue weighted by atomic mass is 15.3. The summed E-state index contributed by atoms with van der Waals surface area (Å²) < 4.78 is 1.93. The Labute approximate surface area is 154 Å². The van der Waals surface area contributed by atoms with E-state index >= 15 is 0 Å². The Kier molecular flexibility index (Phi) is 4.50. The standard InChI is InChI=1S/C21H25N5/c1-3-26-21-18(13-23-26)20(24-14(2)16-7-5-4-6-8-16)17-11-15(12-22)9-10-19(17)25-21/h9-11,13-14,16H,3-8H2,1-2H3,(H,24,25).